The molecule has 0 amide bonds. The maximum absolute atomic E-state index is 6.55. The molecule has 4 rings (SSSR count). The smallest absolute Gasteiger partial charge is 0.0612 e. The van der Waals surface area contributed by atoms with Gasteiger partial charge in [-0.3, -0.25) is 0 Å². The minimum atomic E-state index is 0.456. The number of allylic oxidation sites excluding steroid dienone is 1. The van der Waals surface area contributed by atoms with E-state index in [1.54, 1.807) is 5.57 Å². The van der Waals surface area contributed by atoms with Gasteiger partial charge in [-0.2, -0.15) is 12.6 Å². The van der Waals surface area contributed by atoms with E-state index >= 15 is 0 Å². The van der Waals surface area contributed by atoms with Crippen LogP contribution in [0.4, 0.5) is 0 Å². The fourth-order valence-electron chi connectivity index (χ4n) is 11.4. The molecule has 0 aromatic heterocycles. The average Bonchev–Trinajstić information content (AvgIpc) is 3.38. The van der Waals surface area contributed by atoms with E-state index in [1.807, 2.05) is 0 Å². The molecule has 0 heterocycles. The molecule has 1 nitrogen and oxygen atoms in total. The molecule has 0 N–H and O–H groups in total. The molecule has 2 heteroatoms. The van der Waals surface area contributed by atoms with Crippen LogP contribution in [-0.4, -0.2) is 18.5 Å². The molecule has 0 aromatic rings. The van der Waals surface area contributed by atoms with E-state index in [0.29, 0.717) is 16.9 Å². The van der Waals surface area contributed by atoms with Gasteiger partial charge in [0, 0.05) is 6.61 Å². The Balaban J connectivity index is 1.09. The van der Waals surface area contributed by atoms with Crippen molar-refractivity contribution in [3.63, 3.8) is 0 Å². The quantitative estimate of drug-likeness (QED) is 0.0702. The highest BCUT2D eigenvalue weighted by Crippen LogP contribution is 2.67. The van der Waals surface area contributed by atoms with Crippen LogP contribution in [0.15, 0.2) is 11.6 Å². The number of rotatable bonds is 22. The maximum Gasteiger partial charge on any atom is 0.0612 e. The lowest BCUT2D eigenvalue weighted by Gasteiger charge is -2.58. The number of hydrogen-bond acceptors (Lipinski definition) is 2. The van der Waals surface area contributed by atoms with Crippen molar-refractivity contribution in [3.8, 4) is 0 Å². The fraction of sp³-hybridized carbons (Fsp3) is 0.953. The molecule has 3 fully saturated rings. The highest BCUT2D eigenvalue weighted by molar-refractivity contribution is 7.80. The SMILES string of the molecule is CC(C)CCCC(C)C1CCC2C3CC=C4C[C@@H](OCCCCCCCCCCCCCCCCS)CCC4(C)C3CCC12C. The van der Waals surface area contributed by atoms with Crippen molar-refractivity contribution < 1.29 is 4.74 Å². The summed E-state index contributed by atoms with van der Waals surface area (Å²) < 4.78 is 6.55. The first-order chi connectivity index (χ1) is 21.8. The normalized spacial score (nSPS) is 33.5. The van der Waals surface area contributed by atoms with Crippen LogP contribution in [0.2, 0.25) is 0 Å². The van der Waals surface area contributed by atoms with Gasteiger partial charge in [-0.15, -0.1) is 0 Å². The molecule has 0 aliphatic heterocycles. The summed E-state index contributed by atoms with van der Waals surface area (Å²) in [7, 11) is 0. The first-order valence-corrected chi connectivity index (χ1v) is 21.3. The molecule has 8 atom stereocenters. The van der Waals surface area contributed by atoms with Crippen LogP contribution in [0, 0.1) is 46.3 Å². The Labute approximate surface area is 288 Å². The van der Waals surface area contributed by atoms with Gasteiger partial charge in [0.05, 0.1) is 6.10 Å². The zero-order valence-electron chi connectivity index (χ0n) is 31.1. The minimum Gasteiger partial charge on any atom is -0.378 e. The van der Waals surface area contributed by atoms with Crippen molar-refractivity contribution in [2.75, 3.05) is 12.4 Å². The molecule has 0 bridgehead atoms. The molecule has 0 aromatic carbocycles. The molecular formula is C43H78OS. The van der Waals surface area contributed by atoms with Gasteiger partial charge in [0.2, 0.25) is 0 Å². The number of fused-ring (bicyclic) bond motifs is 5. The van der Waals surface area contributed by atoms with Gasteiger partial charge in [0.15, 0.2) is 0 Å². The van der Waals surface area contributed by atoms with E-state index < -0.39 is 0 Å². The largest absolute Gasteiger partial charge is 0.378 e. The van der Waals surface area contributed by atoms with E-state index in [-0.39, 0.29) is 0 Å². The van der Waals surface area contributed by atoms with Crippen LogP contribution >= 0.6 is 12.6 Å². The molecule has 4 aliphatic carbocycles. The Morgan fingerprint density at radius 2 is 1.33 bits per heavy atom. The van der Waals surface area contributed by atoms with Crippen molar-refractivity contribution in [3.05, 3.63) is 11.6 Å². The Morgan fingerprint density at radius 3 is 1.96 bits per heavy atom. The molecular weight excluding hydrogens is 565 g/mol. The molecule has 45 heavy (non-hydrogen) atoms. The number of thiol groups is 1. The van der Waals surface area contributed by atoms with E-state index in [4.69, 9.17) is 4.74 Å². The van der Waals surface area contributed by atoms with Gasteiger partial charge < -0.3 is 4.74 Å². The summed E-state index contributed by atoms with van der Waals surface area (Å²) in [6, 6.07) is 0. The Morgan fingerprint density at radius 1 is 0.711 bits per heavy atom. The highest BCUT2D eigenvalue weighted by Gasteiger charge is 2.59. The third-order valence-electron chi connectivity index (χ3n) is 14.2. The third-order valence-corrected chi connectivity index (χ3v) is 14.5. The standard InChI is InChI=1S/C43H78OS/c1-34(2)21-20-22-35(3)39-25-26-40-38-24-23-36-33-37(27-29-42(36,4)41(38)28-30-43(39,40)5)44-31-18-16-14-12-10-8-6-7-9-11-13-15-17-19-32-45/h23,34-35,37-41,45H,6-22,24-33H2,1-5H3/t35?,37-,38?,39?,40?,41?,42?,43?/m0/s1. The predicted molar refractivity (Wildman–Crippen MR) is 201 cm³/mol. The topological polar surface area (TPSA) is 9.23 Å². The molecule has 7 unspecified atom stereocenters. The Hall–Kier alpha value is 0.0500. The summed E-state index contributed by atoms with van der Waals surface area (Å²) in [5, 5.41) is 0. The van der Waals surface area contributed by atoms with Crippen LogP contribution in [0.1, 0.15) is 195 Å². The van der Waals surface area contributed by atoms with Gasteiger partial charge in [0.1, 0.15) is 0 Å². The maximum atomic E-state index is 6.55. The van der Waals surface area contributed by atoms with E-state index in [0.717, 1.165) is 47.9 Å². The Kier molecular flexibility index (Phi) is 16.2. The first kappa shape index (κ1) is 37.9. The van der Waals surface area contributed by atoms with Crippen molar-refractivity contribution in [2.24, 2.45) is 46.3 Å². The van der Waals surface area contributed by atoms with Crippen LogP contribution in [0.25, 0.3) is 0 Å². The highest BCUT2D eigenvalue weighted by atomic mass is 32.1. The van der Waals surface area contributed by atoms with E-state index in [1.165, 1.54) is 161 Å². The summed E-state index contributed by atoms with van der Waals surface area (Å²) in [5.74, 6) is 6.65. The van der Waals surface area contributed by atoms with Gasteiger partial charge in [-0.25, -0.2) is 0 Å². The van der Waals surface area contributed by atoms with Crippen LogP contribution in [0.5, 0.6) is 0 Å². The summed E-state index contributed by atoms with van der Waals surface area (Å²) in [6.45, 7) is 13.8. The monoisotopic (exact) mass is 643 g/mol. The lowest BCUT2D eigenvalue weighted by Crippen LogP contribution is -2.51. The molecule has 0 radical (unpaired) electrons. The molecule has 0 saturated heterocycles. The van der Waals surface area contributed by atoms with E-state index in [2.05, 4.69) is 53.3 Å². The summed E-state index contributed by atoms with van der Waals surface area (Å²) in [5.41, 5.74) is 2.86. The zero-order chi connectivity index (χ0) is 32.1. The summed E-state index contributed by atoms with van der Waals surface area (Å²) >= 11 is 4.31. The lowest BCUT2D eigenvalue weighted by molar-refractivity contribution is -0.0641. The van der Waals surface area contributed by atoms with Gasteiger partial charge in [0.25, 0.3) is 0 Å². The zero-order valence-corrected chi connectivity index (χ0v) is 32.0. The third kappa shape index (κ3) is 10.5. The minimum absolute atomic E-state index is 0.456. The molecule has 0 spiro atoms. The van der Waals surface area contributed by atoms with Gasteiger partial charge in [-0.1, -0.05) is 143 Å². The molecule has 3 saturated carbocycles. The molecule has 4 aliphatic rings. The predicted octanol–water partition coefficient (Wildman–Crippen LogP) is 13.8. The second kappa shape index (κ2) is 19.3. The van der Waals surface area contributed by atoms with Crippen LogP contribution < -0.4 is 0 Å². The molecule has 262 valence electrons. The summed E-state index contributed by atoms with van der Waals surface area (Å²) in [4.78, 5) is 0. The van der Waals surface area contributed by atoms with E-state index in [9.17, 15) is 0 Å². The van der Waals surface area contributed by atoms with Crippen LogP contribution in [-0.2, 0) is 4.74 Å². The van der Waals surface area contributed by atoms with Crippen molar-refractivity contribution >= 4 is 12.6 Å². The van der Waals surface area contributed by atoms with Crippen molar-refractivity contribution in [2.45, 2.75) is 201 Å². The van der Waals surface area contributed by atoms with Gasteiger partial charge >= 0.3 is 0 Å². The first-order valence-electron chi connectivity index (χ1n) is 20.7. The Bertz CT molecular complexity index is 849. The average molecular weight is 643 g/mol. The number of hydrogen-bond donors (Lipinski definition) is 1. The second-order valence-electron chi connectivity index (χ2n) is 17.7. The fourth-order valence-corrected chi connectivity index (χ4v) is 11.6. The number of unbranched alkanes of at least 4 members (excludes halogenated alkanes) is 13. The van der Waals surface area contributed by atoms with Crippen molar-refractivity contribution in [1.29, 1.82) is 0 Å². The van der Waals surface area contributed by atoms with Crippen molar-refractivity contribution in [1.82, 2.24) is 0 Å². The van der Waals surface area contributed by atoms with Crippen LogP contribution in [0.3, 0.4) is 0 Å². The number of ether oxygens (including phenoxy) is 1. The van der Waals surface area contributed by atoms with Gasteiger partial charge in [-0.05, 0) is 116 Å². The lowest BCUT2D eigenvalue weighted by atomic mass is 9.47. The second-order valence-corrected chi connectivity index (χ2v) is 18.1. The summed E-state index contributed by atoms with van der Waals surface area (Å²) in [6.07, 6.45) is 38.5.